The lowest BCUT2D eigenvalue weighted by Gasteiger charge is -2.32. The molecule has 27 heavy (non-hydrogen) atoms. The highest BCUT2D eigenvalue weighted by Crippen LogP contribution is 2.19. The van der Waals surface area contributed by atoms with Gasteiger partial charge in [0.25, 0.3) is 0 Å². The highest BCUT2D eigenvalue weighted by molar-refractivity contribution is 7.89. The Balaban J connectivity index is 1.55. The average Bonchev–Trinajstić information content (AvgIpc) is 3.23. The normalized spacial score (nSPS) is 18.0. The molecule has 2 N–H and O–H groups in total. The first-order valence-electron chi connectivity index (χ1n) is 9.13. The number of hydrogen-bond acceptors (Lipinski definition) is 3. The van der Waals surface area contributed by atoms with E-state index in [0.717, 1.165) is 19.5 Å². The van der Waals surface area contributed by atoms with Gasteiger partial charge in [0, 0.05) is 12.0 Å². The molecular formula is C21H23N2O2S2+. The molecule has 2 heterocycles. The van der Waals surface area contributed by atoms with E-state index in [9.17, 15) is 8.42 Å². The largest absolute Gasteiger partial charge is 0.323 e. The third-order valence-electron chi connectivity index (χ3n) is 5.16. The van der Waals surface area contributed by atoms with Crippen molar-refractivity contribution in [2.24, 2.45) is 0 Å². The zero-order valence-electron chi connectivity index (χ0n) is 15.0. The quantitative estimate of drug-likeness (QED) is 0.669. The number of rotatable bonds is 6. The van der Waals surface area contributed by atoms with E-state index in [1.54, 1.807) is 35.6 Å². The number of quaternary nitrogens is 1. The Morgan fingerprint density at radius 2 is 1.70 bits per heavy atom. The predicted octanol–water partition coefficient (Wildman–Crippen LogP) is 2.41. The predicted molar refractivity (Wildman–Crippen MR) is 108 cm³/mol. The van der Waals surface area contributed by atoms with Crippen LogP contribution in [-0.2, 0) is 23.0 Å². The number of hydrogen-bond donors (Lipinski definition) is 2. The van der Waals surface area contributed by atoms with Gasteiger partial charge in [-0.2, -0.15) is 0 Å². The van der Waals surface area contributed by atoms with Crippen molar-refractivity contribution in [3.05, 3.63) is 88.1 Å². The molecule has 140 valence electrons. The van der Waals surface area contributed by atoms with Crippen LogP contribution in [0.3, 0.4) is 0 Å². The van der Waals surface area contributed by atoms with E-state index < -0.39 is 10.0 Å². The number of sulfonamides is 1. The summed E-state index contributed by atoms with van der Waals surface area (Å²) in [5.41, 5.74) is 2.78. The van der Waals surface area contributed by atoms with Gasteiger partial charge in [0.1, 0.15) is 12.6 Å². The lowest BCUT2D eigenvalue weighted by molar-refractivity contribution is -0.945. The molecule has 0 amide bonds. The van der Waals surface area contributed by atoms with E-state index in [-0.39, 0.29) is 6.04 Å². The SMILES string of the molecule is O=S(=O)(NC[C@@H](c1cccs1)[NH+]1CCc2ccccc2C1)c1ccccc1. The summed E-state index contributed by atoms with van der Waals surface area (Å²) >= 11 is 1.70. The van der Waals surface area contributed by atoms with Gasteiger partial charge in [0.2, 0.25) is 10.0 Å². The summed E-state index contributed by atoms with van der Waals surface area (Å²) in [6.45, 7) is 2.33. The van der Waals surface area contributed by atoms with Crippen LogP contribution in [0.15, 0.2) is 77.0 Å². The Kier molecular flexibility index (Phi) is 5.41. The summed E-state index contributed by atoms with van der Waals surface area (Å²) in [4.78, 5) is 2.95. The van der Waals surface area contributed by atoms with Crippen LogP contribution in [0.1, 0.15) is 22.0 Å². The third kappa shape index (κ3) is 4.14. The third-order valence-corrected chi connectivity index (χ3v) is 7.59. The highest BCUT2D eigenvalue weighted by atomic mass is 32.2. The fourth-order valence-electron chi connectivity index (χ4n) is 3.71. The maximum Gasteiger partial charge on any atom is 0.240 e. The van der Waals surface area contributed by atoms with Crippen molar-refractivity contribution >= 4 is 21.4 Å². The number of thiophene rings is 1. The van der Waals surface area contributed by atoms with Gasteiger partial charge in [0.05, 0.1) is 22.9 Å². The Hall–Kier alpha value is -1.99. The number of nitrogens with one attached hydrogen (secondary N) is 2. The summed E-state index contributed by atoms with van der Waals surface area (Å²) in [6, 6.07) is 21.4. The van der Waals surface area contributed by atoms with Crippen LogP contribution < -0.4 is 9.62 Å². The molecular weight excluding hydrogens is 376 g/mol. The van der Waals surface area contributed by atoms with Crippen LogP contribution in [0.4, 0.5) is 0 Å². The monoisotopic (exact) mass is 399 g/mol. The molecule has 0 fully saturated rings. The molecule has 0 aliphatic carbocycles. The average molecular weight is 400 g/mol. The topological polar surface area (TPSA) is 50.6 Å². The van der Waals surface area contributed by atoms with Crippen LogP contribution in [0.2, 0.25) is 0 Å². The van der Waals surface area contributed by atoms with Crippen LogP contribution in [0.5, 0.6) is 0 Å². The van der Waals surface area contributed by atoms with Gasteiger partial charge in [-0.05, 0) is 29.1 Å². The second-order valence-electron chi connectivity index (χ2n) is 6.84. The minimum atomic E-state index is -3.50. The van der Waals surface area contributed by atoms with Crippen molar-refractivity contribution in [2.45, 2.75) is 23.9 Å². The number of fused-ring (bicyclic) bond motifs is 1. The van der Waals surface area contributed by atoms with Crippen LogP contribution in [-0.4, -0.2) is 21.5 Å². The van der Waals surface area contributed by atoms with Gasteiger partial charge in [-0.3, -0.25) is 0 Å². The molecule has 0 spiro atoms. The van der Waals surface area contributed by atoms with Crippen molar-refractivity contribution in [1.82, 2.24) is 4.72 Å². The van der Waals surface area contributed by atoms with Gasteiger partial charge in [-0.1, -0.05) is 48.5 Å². The Bertz CT molecular complexity index is 986. The van der Waals surface area contributed by atoms with Gasteiger partial charge in [-0.25, -0.2) is 13.1 Å². The van der Waals surface area contributed by atoms with E-state index in [2.05, 4.69) is 40.4 Å². The van der Waals surface area contributed by atoms with Crippen molar-refractivity contribution in [3.63, 3.8) is 0 Å². The summed E-state index contributed by atoms with van der Waals surface area (Å²) in [5.74, 6) is 0. The molecule has 4 nitrogen and oxygen atoms in total. The van der Waals surface area contributed by atoms with Crippen molar-refractivity contribution in [3.8, 4) is 0 Å². The number of benzene rings is 2. The summed E-state index contributed by atoms with van der Waals surface area (Å²) in [7, 11) is -3.50. The zero-order chi connectivity index (χ0) is 18.7. The standard InChI is InChI=1S/C21H22N2O2S2/c24-27(25,19-9-2-1-3-10-19)22-15-20(21-11-6-14-26-21)23-13-12-17-7-4-5-8-18(17)16-23/h1-11,14,20,22H,12-13,15-16H2/p+1/t20-/m0/s1. The van der Waals surface area contributed by atoms with Crippen molar-refractivity contribution in [2.75, 3.05) is 13.1 Å². The molecule has 3 aromatic rings. The van der Waals surface area contributed by atoms with E-state index >= 15 is 0 Å². The van der Waals surface area contributed by atoms with Crippen molar-refractivity contribution < 1.29 is 13.3 Å². The first-order valence-corrected chi connectivity index (χ1v) is 11.5. The molecule has 1 aliphatic rings. The minimum Gasteiger partial charge on any atom is -0.323 e. The van der Waals surface area contributed by atoms with Crippen LogP contribution in [0, 0.1) is 0 Å². The zero-order valence-corrected chi connectivity index (χ0v) is 16.6. The van der Waals surface area contributed by atoms with E-state index in [4.69, 9.17) is 0 Å². The lowest BCUT2D eigenvalue weighted by atomic mass is 9.98. The van der Waals surface area contributed by atoms with E-state index in [1.165, 1.54) is 20.9 Å². The van der Waals surface area contributed by atoms with Gasteiger partial charge < -0.3 is 4.90 Å². The van der Waals surface area contributed by atoms with Gasteiger partial charge in [-0.15, -0.1) is 11.3 Å². The fourth-order valence-corrected chi connectivity index (χ4v) is 5.67. The van der Waals surface area contributed by atoms with Crippen LogP contribution in [0.25, 0.3) is 0 Å². The van der Waals surface area contributed by atoms with E-state index in [1.807, 2.05) is 12.1 Å². The molecule has 0 saturated heterocycles. The lowest BCUT2D eigenvalue weighted by Crippen LogP contribution is -3.12. The van der Waals surface area contributed by atoms with Gasteiger partial charge in [0.15, 0.2) is 0 Å². The summed E-state index contributed by atoms with van der Waals surface area (Å²) < 4.78 is 28.2. The highest BCUT2D eigenvalue weighted by Gasteiger charge is 2.30. The fraction of sp³-hybridized carbons (Fsp3) is 0.238. The molecule has 6 heteroatoms. The maximum absolute atomic E-state index is 12.7. The maximum atomic E-state index is 12.7. The first kappa shape index (κ1) is 18.4. The second kappa shape index (κ2) is 7.94. The van der Waals surface area contributed by atoms with Crippen molar-refractivity contribution in [1.29, 1.82) is 0 Å². The molecule has 0 radical (unpaired) electrons. The molecule has 1 aliphatic heterocycles. The summed E-state index contributed by atoms with van der Waals surface area (Å²) in [6.07, 6.45) is 1.03. The summed E-state index contributed by atoms with van der Waals surface area (Å²) in [5, 5.41) is 2.06. The Morgan fingerprint density at radius 3 is 2.44 bits per heavy atom. The van der Waals surface area contributed by atoms with Crippen LogP contribution >= 0.6 is 11.3 Å². The van der Waals surface area contributed by atoms with Gasteiger partial charge >= 0.3 is 0 Å². The minimum absolute atomic E-state index is 0.108. The first-order chi connectivity index (χ1) is 13.1. The Labute approximate surface area is 164 Å². The second-order valence-corrected chi connectivity index (χ2v) is 9.58. The molecule has 0 bridgehead atoms. The molecule has 1 unspecified atom stereocenters. The molecule has 1 aromatic heterocycles. The molecule has 4 rings (SSSR count). The molecule has 0 saturated carbocycles. The molecule has 2 atom stereocenters. The molecule has 2 aromatic carbocycles. The Morgan fingerprint density at radius 1 is 0.963 bits per heavy atom. The smallest absolute Gasteiger partial charge is 0.240 e. The van der Waals surface area contributed by atoms with E-state index in [0.29, 0.717) is 11.4 Å².